The van der Waals surface area contributed by atoms with E-state index in [0.717, 1.165) is 17.8 Å². The van der Waals surface area contributed by atoms with Crippen molar-refractivity contribution >= 4 is 11.9 Å². The van der Waals surface area contributed by atoms with Crippen molar-refractivity contribution in [3.63, 3.8) is 0 Å². The SMILES string of the molecule is C=Cc1nc(-c2ccc(OC(F)(F)F)cc2)c2c(n1)N(C)C=C(CC)C2. The second-order valence-corrected chi connectivity index (χ2v) is 5.94. The molecule has 26 heavy (non-hydrogen) atoms. The second-order valence-electron chi connectivity index (χ2n) is 5.94. The van der Waals surface area contributed by atoms with Crippen LogP contribution >= 0.6 is 0 Å². The first kappa shape index (κ1) is 18.0. The predicted octanol–water partition coefficient (Wildman–Crippen LogP) is 4.97. The molecule has 0 fully saturated rings. The van der Waals surface area contributed by atoms with Gasteiger partial charge in [-0.25, -0.2) is 9.97 Å². The molecule has 1 aromatic heterocycles. The number of nitrogens with zero attached hydrogens (tertiary/aromatic N) is 3. The molecule has 7 heteroatoms. The van der Waals surface area contributed by atoms with E-state index in [1.807, 2.05) is 18.1 Å². The van der Waals surface area contributed by atoms with Gasteiger partial charge in [-0.2, -0.15) is 0 Å². The number of ether oxygens (including phenoxy) is 1. The number of hydrogen-bond acceptors (Lipinski definition) is 4. The zero-order valence-electron chi connectivity index (χ0n) is 14.5. The molecule has 0 N–H and O–H groups in total. The molecular weight excluding hydrogens is 343 g/mol. The lowest BCUT2D eigenvalue weighted by molar-refractivity contribution is -0.274. The number of alkyl halides is 3. The van der Waals surface area contributed by atoms with Crippen LogP contribution in [0, 0.1) is 0 Å². The molecule has 4 nitrogen and oxygen atoms in total. The van der Waals surface area contributed by atoms with Gasteiger partial charge >= 0.3 is 6.36 Å². The summed E-state index contributed by atoms with van der Waals surface area (Å²) in [6.45, 7) is 5.80. The summed E-state index contributed by atoms with van der Waals surface area (Å²) in [5.41, 5.74) is 3.57. The van der Waals surface area contributed by atoms with Crippen molar-refractivity contribution in [3.05, 3.63) is 54.0 Å². The molecule has 0 aliphatic carbocycles. The minimum Gasteiger partial charge on any atom is -0.406 e. The Balaban J connectivity index is 2.05. The molecule has 2 aromatic rings. The van der Waals surface area contributed by atoms with Crippen molar-refractivity contribution in [2.24, 2.45) is 0 Å². The quantitative estimate of drug-likeness (QED) is 0.771. The third kappa shape index (κ3) is 3.71. The molecule has 0 unspecified atom stereocenters. The lowest BCUT2D eigenvalue weighted by Gasteiger charge is -2.26. The highest BCUT2D eigenvalue weighted by Gasteiger charge is 2.31. The molecule has 0 saturated carbocycles. The third-order valence-electron chi connectivity index (χ3n) is 4.11. The monoisotopic (exact) mass is 361 g/mol. The summed E-state index contributed by atoms with van der Waals surface area (Å²) in [5.74, 6) is 0.978. The van der Waals surface area contributed by atoms with Crippen LogP contribution in [0.3, 0.4) is 0 Å². The zero-order valence-corrected chi connectivity index (χ0v) is 14.5. The summed E-state index contributed by atoms with van der Waals surface area (Å²) in [4.78, 5) is 11.0. The van der Waals surface area contributed by atoms with E-state index in [0.29, 0.717) is 23.5 Å². The van der Waals surface area contributed by atoms with Gasteiger partial charge in [0.1, 0.15) is 11.6 Å². The highest BCUT2D eigenvalue weighted by atomic mass is 19.4. The molecule has 0 amide bonds. The largest absolute Gasteiger partial charge is 0.573 e. The first-order valence-corrected chi connectivity index (χ1v) is 8.12. The van der Waals surface area contributed by atoms with Crippen LogP contribution in [0.1, 0.15) is 24.7 Å². The summed E-state index contributed by atoms with van der Waals surface area (Å²) < 4.78 is 41.0. The fraction of sp³-hybridized carbons (Fsp3) is 0.263. The minimum atomic E-state index is -4.71. The Morgan fingerprint density at radius 3 is 2.50 bits per heavy atom. The Morgan fingerprint density at radius 2 is 1.92 bits per heavy atom. The van der Waals surface area contributed by atoms with Gasteiger partial charge in [-0.15, -0.1) is 13.2 Å². The van der Waals surface area contributed by atoms with E-state index in [-0.39, 0.29) is 5.75 Å². The van der Waals surface area contributed by atoms with Gasteiger partial charge in [-0.1, -0.05) is 13.5 Å². The highest BCUT2D eigenvalue weighted by Crippen LogP contribution is 2.35. The Bertz CT molecular complexity index is 858. The van der Waals surface area contributed by atoms with Crippen LogP contribution in [-0.4, -0.2) is 23.4 Å². The topological polar surface area (TPSA) is 38.3 Å². The maximum atomic E-state index is 12.3. The molecule has 136 valence electrons. The van der Waals surface area contributed by atoms with E-state index < -0.39 is 6.36 Å². The van der Waals surface area contributed by atoms with E-state index >= 15 is 0 Å². The molecule has 1 aliphatic heterocycles. The summed E-state index contributed by atoms with van der Waals surface area (Å²) >= 11 is 0. The Hall–Kier alpha value is -2.83. The number of rotatable bonds is 4. The van der Waals surface area contributed by atoms with Gasteiger partial charge in [0.25, 0.3) is 0 Å². The summed E-state index contributed by atoms with van der Waals surface area (Å²) in [7, 11) is 1.91. The molecule has 0 spiro atoms. The number of fused-ring (bicyclic) bond motifs is 1. The Kier molecular flexibility index (Phi) is 4.71. The Labute approximate surface area is 149 Å². The number of benzene rings is 1. The van der Waals surface area contributed by atoms with E-state index in [1.54, 1.807) is 18.2 Å². The van der Waals surface area contributed by atoms with E-state index in [9.17, 15) is 13.2 Å². The first-order valence-electron chi connectivity index (χ1n) is 8.12. The van der Waals surface area contributed by atoms with Crippen LogP contribution in [0.25, 0.3) is 17.3 Å². The number of aromatic nitrogens is 2. The van der Waals surface area contributed by atoms with Crippen molar-refractivity contribution in [1.82, 2.24) is 9.97 Å². The van der Waals surface area contributed by atoms with Crippen molar-refractivity contribution in [3.8, 4) is 17.0 Å². The molecule has 3 rings (SSSR count). The average Bonchev–Trinajstić information content (AvgIpc) is 2.60. The van der Waals surface area contributed by atoms with Gasteiger partial charge in [0, 0.05) is 30.8 Å². The van der Waals surface area contributed by atoms with Crippen LogP contribution in [0.4, 0.5) is 19.0 Å². The standard InChI is InChI=1S/C19H18F3N3O/c1-4-12-10-15-17(23-16(5-2)24-18(15)25(3)11-12)13-6-8-14(9-7-13)26-19(20,21)22/h5-9,11H,2,4,10H2,1,3H3. The van der Waals surface area contributed by atoms with Crippen LogP contribution in [-0.2, 0) is 6.42 Å². The minimum absolute atomic E-state index is 0.264. The Morgan fingerprint density at radius 1 is 1.23 bits per heavy atom. The van der Waals surface area contributed by atoms with Gasteiger partial charge in [0.05, 0.1) is 5.69 Å². The summed E-state index contributed by atoms with van der Waals surface area (Å²) in [6.07, 6.45) is 0.480. The lowest BCUT2D eigenvalue weighted by Crippen LogP contribution is -2.20. The zero-order chi connectivity index (χ0) is 18.9. The van der Waals surface area contributed by atoms with Gasteiger partial charge in [-0.05, 0) is 42.3 Å². The molecule has 0 atom stereocenters. The molecular formula is C19H18F3N3O. The van der Waals surface area contributed by atoms with Crippen LogP contribution in [0.2, 0.25) is 0 Å². The average molecular weight is 361 g/mol. The van der Waals surface area contributed by atoms with Crippen molar-refractivity contribution in [2.75, 3.05) is 11.9 Å². The fourth-order valence-corrected chi connectivity index (χ4v) is 2.91. The summed E-state index contributed by atoms with van der Waals surface area (Å²) in [5, 5.41) is 0. The van der Waals surface area contributed by atoms with E-state index in [2.05, 4.69) is 28.2 Å². The van der Waals surface area contributed by atoms with Crippen molar-refractivity contribution in [1.29, 1.82) is 0 Å². The predicted molar refractivity (Wildman–Crippen MR) is 94.7 cm³/mol. The van der Waals surface area contributed by atoms with E-state index in [4.69, 9.17) is 0 Å². The lowest BCUT2D eigenvalue weighted by atomic mass is 9.96. The molecule has 0 bridgehead atoms. The third-order valence-corrected chi connectivity index (χ3v) is 4.11. The van der Waals surface area contributed by atoms with Crippen LogP contribution < -0.4 is 9.64 Å². The molecule has 2 heterocycles. The number of halogens is 3. The first-order chi connectivity index (χ1) is 12.3. The molecule has 1 aromatic carbocycles. The molecule has 1 aliphatic rings. The molecule has 0 radical (unpaired) electrons. The second kappa shape index (κ2) is 6.82. The number of allylic oxidation sites excluding steroid dienone is 1. The highest BCUT2D eigenvalue weighted by molar-refractivity contribution is 5.73. The smallest absolute Gasteiger partial charge is 0.406 e. The van der Waals surface area contributed by atoms with Gasteiger partial charge in [0.15, 0.2) is 5.82 Å². The number of anilines is 1. The maximum absolute atomic E-state index is 12.3. The number of hydrogen-bond donors (Lipinski definition) is 0. The van der Waals surface area contributed by atoms with Crippen molar-refractivity contribution < 1.29 is 17.9 Å². The van der Waals surface area contributed by atoms with Crippen LogP contribution in [0.15, 0.2) is 42.6 Å². The summed E-state index contributed by atoms with van der Waals surface area (Å²) in [6, 6.07) is 5.71. The molecule has 0 saturated heterocycles. The maximum Gasteiger partial charge on any atom is 0.573 e. The normalized spacial score (nSPS) is 13.9. The van der Waals surface area contributed by atoms with Gasteiger partial charge in [0.2, 0.25) is 0 Å². The fourth-order valence-electron chi connectivity index (χ4n) is 2.91. The van der Waals surface area contributed by atoms with E-state index in [1.165, 1.54) is 17.7 Å². The van der Waals surface area contributed by atoms with Crippen LogP contribution in [0.5, 0.6) is 5.75 Å². The van der Waals surface area contributed by atoms with Crippen molar-refractivity contribution in [2.45, 2.75) is 26.1 Å². The van der Waals surface area contributed by atoms with Gasteiger partial charge < -0.3 is 9.64 Å². The van der Waals surface area contributed by atoms with Gasteiger partial charge in [-0.3, -0.25) is 0 Å².